The molecule has 0 rings (SSSR count). The Bertz CT molecular complexity index is 45.6. The highest BCUT2D eigenvalue weighted by molar-refractivity contribution is 14.1. The van der Waals surface area contributed by atoms with Gasteiger partial charge in [-0.1, -0.05) is 0 Å². The fraction of sp³-hybridized carbons (Fsp3) is 0. The van der Waals surface area contributed by atoms with E-state index in [1.807, 2.05) is 0 Å². The van der Waals surface area contributed by atoms with Crippen LogP contribution in [0.25, 0.3) is 0 Å². The maximum atomic E-state index is 10.9. The van der Waals surface area contributed by atoms with E-state index >= 15 is 0 Å². The molecule has 0 N–H and O–H groups in total. The molecule has 0 aliphatic heterocycles. The highest BCUT2D eigenvalue weighted by Crippen LogP contribution is 2.04. The van der Waals surface area contributed by atoms with Crippen molar-refractivity contribution in [2.45, 2.75) is 0 Å². The summed E-state index contributed by atoms with van der Waals surface area (Å²) < 4.78 is 20.7. The van der Waals surface area contributed by atoms with Crippen LogP contribution in [-0.4, -0.2) is 0 Å². The van der Waals surface area contributed by atoms with E-state index in [0.717, 1.165) is 0 Å². The molecule has 0 aromatic rings. The smallest absolute Gasteiger partial charge is 0.188 e. The average Bonchev–Trinajstić information content (AvgIpc) is 1.38. The van der Waals surface area contributed by atoms with E-state index in [1.54, 1.807) is 0 Å². The van der Waals surface area contributed by atoms with Gasteiger partial charge in [0.1, 0.15) is 6.33 Å². The van der Waals surface area contributed by atoms with Gasteiger partial charge in [-0.05, 0) is 22.6 Å². The van der Waals surface area contributed by atoms with Gasteiger partial charge < -0.3 is 0 Å². The number of rotatable bonds is 0. The van der Waals surface area contributed by atoms with Gasteiger partial charge in [0, 0.05) is 0 Å². The van der Waals surface area contributed by atoms with E-state index in [4.69, 9.17) is 0 Å². The van der Waals surface area contributed by atoms with Gasteiger partial charge in [-0.2, -0.15) is 4.39 Å². The minimum absolute atomic E-state index is 0.0967. The van der Waals surface area contributed by atoms with Crippen LogP contribution in [-0.2, 0) is 0 Å². The van der Waals surface area contributed by atoms with Crippen LogP contribution in [0.15, 0.2) is 10.2 Å². The summed E-state index contributed by atoms with van der Waals surface area (Å²) in [6.07, 6.45) is -0.0967. The Kier molecular flexibility index (Phi) is 2.73. The topological polar surface area (TPSA) is 0 Å². The summed E-state index contributed by atoms with van der Waals surface area (Å²) >= 11 is 1.23. The normalized spacial score (nSPS) is 12.2. The Morgan fingerprint density at radius 3 is 2.00 bits per heavy atom. The zero-order chi connectivity index (χ0) is 4.28. The van der Waals surface area contributed by atoms with Crippen LogP contribution < -0.4 is 0 Å². The van der Waals surface area contributed by atoms with Crippen molar-refractivity contribution in [1.29, 1.82) is 0 Å². The average molecular weight is 190 g/mol. The van der Waals surface area contributed by atoms with Crippen LogP contribution in [0, 0.1) is 0 Å². The predicted octanol–water partition coefficient (Wildman–Crippen LogP) is 2.16. The lowest BCUT2D eigenvalue weighted by Crippen LogP contribution is -1.37. The van der Waals surface area contributed by atoms with Crippen LogP contribution in [0.5, 0.6) is 0 Å². The maximum Gasteiger partial charge on any atom is 0.188 e. The van der Waals surface area contributed by atoms with E-state index in [-0.39, 0.29) is 6.33 Å². The molecule has 0 aromatic carbocycles. The molecule has 0 atom stereocenters. The summed E-state index contributed by atoms with van der Waals surface area (Å²) in [4.78, 5) is 0. The van der Waals surface area contributed by atoms with Crippen molar-refractivity contribution >= 4 is 22.6 Å². The van der Waals surface area contributed by atoms with Gasteiger partial charge >= 0.3 is 0 Å². The van der Waals surface area contributed by atoms with Gasteiger partial charge in [-0.15, -0.1) is 0 Å². The van der Waals surface area contributed by atoms with Gasteiger partial charge in [0.15, 0.2) is 3.83 Å². The molecule has 3 heteroatoms. The van der Waals surface area contributed by atoms with Crippen LogP contribution in [0.4, 0.5) is 8.78 Å². The predicted molar refractivity (Wildman–Crippen MR) is 24.3 cm³/mol. The molecule has 0 aromatic heterocycles. The third-order valence-corrected chi connectivity index (χ3v) is 0.318. The second kappa shape index (κ2) is 2.56. The fourth-order valence-corrected chi connectivity index (χ4v) is 0. The lowest BCUT2D eigenvalue weighted by molar-refractivity contribution is 0.638. The first-order valence-corrected chi connectivity index (χ1v) is 1.96. The molecule has 0 saturated carbocycles. The third-order valence-electron chi connectivity index (χ3n) is 0.0825. The molecule has 30 valence electrons. The van der Waals surface area contributed by atoms with E-state index < -0.39 is 3.83 Å². The highest BCUT2D eigenvalue weighted by atomic mass is 127. The molecule has 0 amide bonds. The summed E-state index contributed by atoms with van der Waals surface area (Å²) in [5, 5.41) is 0. The van der Waals surface area contributed by atoms with Crippen molar-refractivity contribution in [3.63, 3.8) is 0 Å². The Morgan fingerprint density at radius 1 is 1.80 bits per heavy atom. The summed E-state index contributed by atoms with van der Waals surface area (Å²) in [5.74, 6) is 0. The van der Waals surface area contributed by atoms with Crippen molar-refractivity contribution < 1.29 is 8.78 Å². The third kappa shape index (κ3) is 4.33. The highest BCUT2D eigenvalue weighted by Gasteiger charge is 1.74. The van der Waals surface area contributed by atoms with Crippen molar-refractivity contribution in [1.82, 2.24) is 0 Å². The molecule has 0 saturated heterocycles. The molecule has 5 heavy (non-hydrogen) atoms. The van der Waals surface area contributed by atoms with Gasteiger partial charge in [0.2, 0.25) is 0 Å². The second-order valence-electron chi connectivity index (χ2n) is 0.399. The summed E-state index contributed by atoms with van der Waals surface area (Å²) in [7, 11) is 0. The molecule has 0 heterocycles. The Hall–Kier alpha value is 0.330. The van der Waals surface area contributed by atoms with Gasteiger partial charge in [0.05, 0.1) is 0 Å². The van der Waals surface area contributed by atoms with Crippen molar-refractivity contribution in [3.8, 4) is 0 Å². The first-order chi connectivity index (χ1) is 2.27. The second-order valence-corrected chi connectivity index (χ2v) is 1.43. The van der Waals surface area contributed by atoms with E-state index in [9.17, 15) is 8.78 Å². The van der Waals surface area contributed by atoms with Crippen LogP contribution in [0.3, 0.4) is 0 Å². The molecule has 0 nitrogen and oxygen atoms in total. The van der Waals surface area contributed by atoms with Gasteiger partial charge in [-0.25, -0.2) is 4.39 Å². The van der Waals surface area contributed by atoms with E-state index in [0.29, 0.717) is 0 Å². The SMILES string of the molecule is F/C=C(/F)I. The monoisotopic (exact) mass is 190 g/mol. The Morgan fingerprint density at radius 2 is 2.00 bits per heavy atom. The molecule has 0 aliphatic rings. The minimum Gasteiger partial charge on any atom is -0.212 e. The fourth-order valence-electron chi connectivity index (χ4n) is 0. The minimum atomic E-state index is -0.817. The maximum absolute atomic E-state index is 10.9. The molecule has 0 unspecified atom stereocenters. The van der Waals surface area contributed by atoms with Crippen LogP contribution >= 0.6 is 22.6 Å². The first kappa shape index (κ1) is 5.33. The van der Waals surface area contributed by atoms with Crippen molar-refractivity contribution in [2.75, 3.05) is 0 Å². The van der Waals surface area contributed by atoms with E-state index in [1.165, 1.54) is 22.6 Å². The quantitative estimate of drug-likeness (QED) is 0.513. The molecular formula is C2HF2I. The molecule has 0 bridgehead atoms. The zero-order valence-electron chi connectivity index (χ0n) is 2.21. The Labute approximate surface area is 42.0 Å². The zero-order valence-corrected chi connectivity index (χ0v) is 4.37. The summed E-state index contributed by atoms with van der Waals surface area (Å²) in [6, 6.07) is 0. The molecule has 0 spiro atoms. The van der Waals surface area contributed by atoms with Crippen molar-refractivity contribution in [3.05, 3.63) is 10.2 Å². The summed E-state index contributed by atoms with van der Waals surface area (Å²) in [6.45, 7) is 0. The lowest BCUT2D eigenvalue weighted by Gasteiger charge is -1.62. The lowest BCUT2D eigenvalue weighted by atomic mass is 11.2. The largest absolute Gasteiger partial charge is 0.212 e. The standard InChI is InChI=1S/C2HF2I/c3-1-2(4)5/h1H/b2-1-. The van der Waals surface area contributed by atoms with Gasteiger partial charge in [0.25, 0.3) is 0 Å². The van der Waals surface area contributed by atoms with Gasteiger partial charge in [-0.3, -0.25) is 0 Å². The molecule has 0 fully saturated rings. The first-order valence-electron chi connectivity index (χ1n) is 0.885. The molecular weight excluding hydrogens is 189 g/mol. The van der Waals surface area contributed by atoms with E-state index in [2.05, 4.69) is 0 Å². The Balaban J connectivity index is 3.14. The molecule has 0 radical (unpaired) electrons. The summed E-state index contributed by atoms with van der Waals surface area (Å²) in [5.41, 5.74) is 0. The number of hydrogen-bond donors (Lipinski definition) is 0. The number of halogens is 3. The van der Waals surface area contributed by atoms with Crippen LogP contribution in [0.1, 0.15) is 0 Å². The molecule has 0 aliphatic carbocycles. The van der Waals surface area contributed by atoms with Crippen molar-refractivity contribution in [2.24, 2.45) is 0 Å². The van der Waals surface area contributed by atoms with Crippen LogP contribution in [0.2, 0.25) is 0 Å². The number of hydrogen-bond acceptors (Lipinski definition) is 0.